The van der Waals surface area contributed by atoms with Gasteiger partial charge in [-0.3, -0.25) is 10.1 Å². The van der Waals surface area contributed by atoms with Crippen molar-refractivity contribution in [2.45, 2.75) is 45.0 Å². The summed E-state index contributed by atoms with van der Waals surface area (Å²) in [5, 5.41) is 2.59. The number of aromatic nitrogens is 1. The molecule has 1 amide bonds. The van der Waals surface area contributed by atoms with E-state index in [0.717, 1.165) is 11.1 Å². The summed E-state index contributed by atoms with van der Waals surface area (Å²) in [5.74, 6) is 0.278. The molecule has 0 spiro atoms. The molecule has 0 saturated heterocycles. The molecule has 27 heavy (non-hydrogen) atoms. The lowest BCUT2D eigenvalue weighted by molar-refractivity contribution is 0.0635. The molecule has 0 radical (unpaired) electrons. The van der Waals surface area contributed by atoms with Gasteiger partial charge in [0.2, 0.25) is 0 Å². The normalized spacial score (nSPS) is 11.9. The Labute approximate surface area is 178 Å². The van der Waals surface area contributed by atoms with Crippen LogP contribution in [-0.4, -0.2) is 22.5 Å². The third kappa shape index (κ3) is 7.07. The van der Waals surface area contributed by atoms with Crippen LogP contribution in [0.15, 0.2) is 36.5 Å². The summed E-state index contributed by atoms with van der Waals surface area (Å²) < 4.78 is 5.22. The first-order valence-electron chi connectivity index (χ1n) is 8.28. The molecule has 5 nitrogen and oxygen atoms in total. The largest absolute Gasteiger partial charge is 0.444 e. The summed E-state index contributed by atoms with van der Waals surface area (Å²) in [6.45, 7) is 9.28. The second-order valence-electron chi connectivity index (χ2n) is 7.20. The Balaban J connectivity index is 0.00000364. The zero-order chi connectivity index (χ0) is 19.5. The van der Waals surface area contributed by atoms with Crippen LogP contribution in [-0.2, 0) is 4.74 Å². The Morgan fingerprint density at radius 1 is 1.11 bits per heavy atom. The van der Waals surface area contributed by atoms with Crippen LogP contribution in [0.25, 0.3) is 0 Å². The van der Waals surface area contributed by atoms with Crippen LogP contribution in [0.5, 0.6) is 0 Å². The highest BCUT2D eigenvalue weighted by Crippen LogP contribution is 2.29. The van der Waals surface area contributed by atoms with E-state index >= 15 is 0 Å². The van der Waals surface area contributed by atoms with E-state index < -0.39 is 16.5 Å². The van der Waals surface area contributed by atoms with E-state index in [4.69, 9.17) is 4.74 Å². The monoisotopic (exact) mass is 498 g/mol. The average Bonchev–Trinajstić information content (AvgIpc) is 2.50. The highest BCUT2D eigenvalue weighted by atomic mass is 79.9. The highest BCUT2D eigenvalue weighted by Gasteiger charge is 2.21. The maximum absolute atomic E-state index is 12.8. The van der Waals surface area contributed by atoms with Gasteiger partial charge >= 0.3 is 6.09 Å². The van der Waals surface area contributed by atoms with Crippen molar-refractivity contribution in [3.05, 3.63) is 58.8 Å². The molecule has 0 fully saturated rings. The number of Topliss-reactive ketones (excluding diaryl/α,β-unsaturated/α-hetero) is 1. The topological polar surface area (TPSA) is 68.3 Å². The molecule has 7 heteroatoms. The Kier molecular flexibility index (Phi) is 8.17. The number of carbonyl (C=O) groups is 2. The number of pyridine rings is 1. The van der Waals surface area contributed by atoms with Crippen LogP contribution in [0.3, 0.4) is 0 Å². The van der Waals surface area contributed by atoms with Crippen molar-refractivity contribution in [2.75, 3.05) is 5.32 Å². The van der Waals surface area contributed by atoms with E-state index in [-0.39, 0.29) is 22.8 Å². The van der Waals surface area contributed by atoms with Gasteiger partial charge in [0, 0.05) is 11.8 Å². The van der Waals surface area contributed by atoms with E-state index in [9.17, 15) is 9.59 Å². The number of alkyl halides is 1. The van der Waals surface area contributed by atoms with Crippen LogP contribution in [0.4, 0.5) is 10.6 Å². The number of amides is 1. The van der Waals surface area contributed by atoms with Crippen molar-refractivity contribution in [2.24, 2.45) is 0 Å². The number of hydrogen-bond acceptors (Lipinski definition) is 4. The van der Waals surface area contributed by atoms with Gasteiger partial charge in [0.25, 0.3) is 0 Å². The van der Waals surface area contributed by atoms with Gasteiger partial charge < -0.3 is 4.74 Å². The molecule has 146 valence electrons. The van der Waals surface area contributed by atoms with E-state index in [2.05, 4.69) is 26.2 Å². The van der Waals surface area contributed by atoms with Crippen molar-refractivity contribution in [3.63, 3.8) is 0 Å². The zero-order valence-electron chi connectivity index (χ0n) is 16.0. The lowest BCUT2D eigenvalue weighted by atomic mass is 10.00. The fourth-order valence-corrected chi connectivity index (χ4v) is 3.04. The van der Waals surface area contributed by atoms with Crippen molar-refractivity contribution < 1.29 is 14.3 Å². The highest BCUT2D eigenvalue weighted by molar-refractivity contribution is 9.09. The number of nitrogens with zero attached hydrogens (tertiary/aromatic N) is 1. The number of ether oxygens (including phenoxy) is 1. The number of hydrogen-bond donors (Lipinski definition) is 1. The third-order valence-electron chi connectivity index (χ3n) is 3.44. The van der Waals surface area contributed by atoms with Crippen molar-refractivity contribution in [3.8, 4) is 0 Å². The average molecular weight is 500 g/mol. The third-order valence-corrected chi connectivity index (χ3v) is 4.39. The van der Waals surface area contributed by atoms with Crippen molar-refractivity contribution in [1.82, 2.24) is 4.98 Å². The van der Waals surface area contributed by atoms with Crippen LogP contribution in [0.1, 0.15) is 52.6 Å². The summed E-state index contributed by atoms with van der Waals surface area (Å²) in [7, 11) is 0. The molecule has 0 aliphatic carbocycles. The van der Waals surface area contributed by atoms with Crippen molar-refractivity contribution in [1.29, 1.82) is 0 Å². The van der Waals surface area contributed by atoms with Gasteiger partial charge in [-0.15, -0.1) is 17.0 Å². The molecule has 0 saturated carbocycles. The smallest absolute Gasteiger partial charge is 0.413 e. The Bertz CT molecular complexity index is 812. The van der Waals surface area contributed by atoms with E-state index in [0.29, 0.717) is 16.9 Å². The fourth-order valence-electron chi connectivity index (χ4n) is 2.50. The second kappa shape index (κ2) is 9.46. The quantitative estimate of drug-likeness (QED) is 0.417. The number of halogens is 2. The van der Waals surface area contributed by atoms with Gasteiger partial charge in [-0.05, 0) is 64.4 Å². The lowest BCUT2D eigenvalue weighted by Crippen LogP contribution is -2.27. The minimum Gasteiger partial charge on any atom is -0.444 e. The minimum absolute atomic E-state index is 0. The molecule has 0 aliphatic rings. The van der Waals surface area contributed by atoms with Gasteiger partial charge in [0.15, 0.2) is 5.78 Å². The predicted molar refractivity (Wildman–Crippen MR) is 116 cm³/mol. The first-order chi connectivity index (χ1) is 12.0. The maximum atomic E-state index is 12.8. The summed E-state index contributed by atoms with van der Waals surface area (Å²) >= 11 is 3.47. The maximum Gasteiger partial charge on any atom is 0.413 e. The standard InChI is InChI=1S/C20H23BrN2O3.BrH/c1-12-8-13(2)10-15(9-12)18(24)17(21)14-6-7-22-16(11-14)23-19(25)26-20(3,4)5;/h6-11,17H,1-5H3,(H,22,23,25);1H. The fraction of sp³-hybridized carbons (Fsp3) is 0.350. The number of nitrogens with one attached hydrogen (secondary N) is 1. The molecule has 1 heterocycles. The summed E-state index contributed by atoms with van der Waals surface area (Å²) in [6, 6.07) is 9.15. The van der Waals surface area contributed by atoms with E-state index in [1.165, 1.54) is 0 Å². The number of carbonyl (C=O) groups excluding carboxylic acids is 2. The molecule has 0 aliphatic heterocycles. The Morgan fingerprint density at radius 3 is 2.26 bits per heavy atom. The first-order valence-corrected chi connectivity index (χ1v) is 9.19. The first kappa shape index (κ1) is 23.3. The van der Waals surface area contributed by atoms with Crippen molar-refractivity contribution >= 4 is 50.6 Å². The molecule has 1 atom stereocenters. The number of anilines is 1. The zero-order valence-corrected chi connectivity index (χ0v) is 19.3. The van der Waals surface area contributed by atoms with Gasteiger partial charge in [-0.2, -0.15) is 0 Å². The Hall–Kier alpha value is -1.73. The minimum atomic E-state index is -0.599. The van der Waals surface area contributed by atoms with Gasteiger partial charge in [0.05, 0.1) is 0 Å². The summed E-state index contributed by atoms with van der Waals surface area (Å²) in [5.41, 5.74) is 2.82. The molecule has 0 bridgehead atoms. The molecular weight excluding hydrogens is 476 g/mol. The van der Waals surface area contributed by atoms with E-state index in [1.807, 2.05) is 32.0 Å². The van der Waals surface area contributed by atoms with Crippen LogP contribution in [0.2, 0.25) is 0 Å². The number of aryl methyl sites for hydroxylation is 2. The summed E-state index contributed by atoms with van der Waals surface area (Å²) in [6.07, 6.45) is 0.958. The summed E-state index contributed by atoms with van der Waals surface area (Å²) in [4.78, 5) is 28.3. The van der Waals surface area contributed by atoms with Crippen LogP contribution >= 0.6 is 32.9 Å². The number of benzene rings is 1. The molecule has 1 aromatic carbocycles. The van der Waals surface area contributed by atoms with Crippen LogP contribution < -0.4 is 5.32 Å². The molecule has 1 aromatic heterocycles. The predicted octanol–water partition coefficient (Wildman–Crippen LogP) is 5.94. The van der Waals surface area contributed by atoms with Crippen LogP contribution in [0, 0.1) is 13.8 Å². The molecule has 2 aromatic rings. The van der Waals surface area contributed by atoms with E-state index in [1.54, 1.807) is 39.1 Å². The number of ketones is 1. The van der Waals surface area contributed by atoms with Gasteiger partial charge in [0.1, 0.15) is 16.2 Å². The molecule has 1 N–H and O–H groups in total. The molecular formula is C20H24Br2N2O3. The number of rotatable bonds is 4. The molecule has 1 unspecified atom stereocenters. The second-order valence-corrected chi connectivity index (χ2v) is 8.12. The lowest BCUT2D eigenvalue weighted by Gasteiger charge is -2.19. The Morgan fingerprint density at radius 2 is 1.70 bits per heavy atom. The SMILES string of the molecule is Br.Cc1cc(C)cc(C(=O)C(Br)c2ccnc(NC(=O)OC(C)(C)C)c2)c1. The van der Waals surface area contributed by atoms with Gasteiger partial charge in [-0.25, -0.2) is 9.78 Å². The molecule has 2 rings (SSSR count). The van der Waals surface area contributed by atoms with Gasteiger partial charge in [-0.1, -0.05) is 33.1 Å².